The zero-order valence-corrected chi connectivity index (χ0v) is 14.2. The number of halogens is 2. The molecule has 0 unspecified atom stereocenters. The van der Waals surface area contributed by atoms with Crippen molar-refractivity contribution in [3.63, 3.8) is 0 Å². The predicted molar refractivity (Wildman–Crippen MR) is 92.6 cm³/mol. The monoisotopic (exact) mass is 363 g/mol. The number of hydrogen-bond acceptors (Lipinski definition) is 4. The van der Waals surface area contributed by atoms with Gasteiger partial charge in [0.15, 0.2) is 29.1 Å². The molecule has 2 N–H and O–H groups in total. The second kappa shape index (κ2) is 8.37. The molecule has 0 bridgehead atoms. The first-order chi connectivity index (χ1) is 12.7. The Morgan fingerprint density at radius 1 is 1.08 bits per heavy atom. The summed E-state index contributed by atoms with van der Waals surface area (Å²) in [6, 6.07) is 9.15. The van der Waals surface area contributed by atoms with Gasteiger partial charge in [0.2, 0.25) is 6.79 Å². The van der Waals surface area contributed by atoms with E-state index in [9.17, 15) is 8.78 Å². The molecule has 0 saturated heterocycles. The fourth-order valence-corrected chi connectivity index (χ4v) is 2.36. The number of fused-ring (bicyclic) bond motifs is 1. The van der Waals surface area contributed by atoms with E-state index < -0.39 is 11.6 Å². The van der Waals surface area contributed by atoms with Crippen LogP contribution in [0.15, 0.2) is 41.4 Å². The Labute approximate surface area is 149 Å². The van der Waals surface area contributed by atoms with Crippen LogP contribution >= 0.6 is 0 Å². The Bertz CT molecular complexity index is 799. The van der Waals surface area contributed by atoms with E-state index in [-0.39, 0.29) is 19.1 Å². The van der Waals surface area contributed by atoms with Crippen molar-refractivity contribution in [1.82, 2.24) is 10.6 Å². The number of aliphatic imine (C=N–C) groups is 1. The lowest BCUT2D eigenvalue weighted by Crippen LogP contribution is -2.38. The van der Waals surface area contributed by atoms with Gasteiger partial charge in [-0.2, -0.15) is 0 Å². The van der Waals surface area contributed by atoms with Crippen molar-refractivity contribution < 1.29 is 23.0 Å². The van der Waals surface area contributed by atoms with Crippen LogP contribution in [0.2, 0.25) is 0 Å². The zero-order chi connectivity index (χ0) is 18.4. The molecule has 1 aliphatic rings. The third-order valence-corrected chi connectivity index (χ3v) is 3.67. The summed E-state index contributed by atoms with van der Waals surface area (Å²) in [5.41, 5.74) is 1.02. The minimum absolute atomic E-state index is 0.243. The highest BCUT2D eigenvalue weighted by Crippen LogP contribution is 2.32. The van der Waals surface area contributed by atoms with Crippen molar-refractivity contribution >= 4 is 5.96 Å². The molecule has 1 heterocycles. The van der Waals surface area contributed by atoms with Crippen LogP contribution in [0.4, 0.5) is 8.78 Å². The Morgan fingerprint density at radius 3 is 2.73 bits per heavy atom. The van der Waals surface area contributed by atoms with Crippen molar-refractivity contribution in [2.75, 3.05) is 27.0 Å². The molecule has 2 aromatic rings. The number of rotatable bonds is 6. The van der Waals surface area contributed by atoms with Crippen molar-refractivity contribution in [3.05, 3.63) is 53.6 Å². The highest BCUT2D eigenvalue weighted by Gasteiger charge is 2.13. The number of nitrogens with zero attached hydrogens (tertiary/aromatic N) is 1. The van der Waals surface area contributed by atoms with Gasteiger partial charge in [0, 0.05) is 19.7 Å². The molecule has 3 rings (SSSR count). The van der Waals surface area contributed by atoms with Crippen LogP contribution < -0.4 is 24.8 Å². The molecule has 0 radical (unpaired) electrons. The normalized spacial score (nSPS) is 12.8. The van der Waals surface area contributed by atoms with E-state index in [4.69, 9.17) is 14.2 Å². The molecular weight excluding hydrogens is 344 g/mol. The van der Waals surface area contributed by atoms with Crippen molar-refractivity contribution in [2.24, 2.45) is 4.99 Å². The number of guanidine groups is 1. The molecule has 0 aliphatic carbocycles. The van der Waals surface area contributed by atoms with Gasteiger partial charge in [-0.05, 0) is 29.8 Å². The third-order valence-electron chi connectivity index (χ3n) is 3.67. The lowest BCUT2D eigenvalue weighted by molar-refractivity contribution is 0.174. The molecule has 0 aromatic heterocycles. The summed E-state index contributed by atoms with van der Waals surface area (Å²) in [5.74, 6) is 0.503. The van der Waals surface area contributed by atoms with Gasteiger partial charge in [-0.25, -0.2) is 8.78 Å². The first-order valence-electron chi connectivity index (χ1n) is 8.06. The van der Waals surface area contributed by atoms with E-state index in [2.05, 4.69) is 15.6 Å². The molecule has 0 amide bonds. The summed E-state index contributed by atoms with van der Waals surface area (Å²) in [4.78, 5) is 4.12. The minimum atomic E-state index is -0.934. The van der Waals surface area contributed by atoms with Crippen molar-refractivity contribution in [2.45, 2.75) is 6.54 Å². The smallest absolute Gasteiger partial charge is 0.231 e. The molecule has 6 nitrogen and oxygen atoms in total. The second-order valence-electron chi connectivity index (χ2n) is 5.46. The maximum absolute atomic E-state index is 13.1. The number of hydrogen-bond donors (Lipinski definition) is 2. The molecule has 8 heteroatoms. The van der Waals surface area contributed by atoms with Crippen LogP contribution in [-0.4, -0.2) is 33.0 Å². The summed E-state index contributed by atoms with van der Waals surface area (Å²) in [6.07, 6.45) is 0. The van der Waals surface area contributed by atoms with Crippen LogP contribution in [0, 0.1) is 11.6 Å². The van der Waals surface area contributed by atoms with E-state index in [0.29, 0.717) is 19.0 Å². The maximum atomic E-state index is 13.1. The van der Waals surface area contributed by atoms with Gasteiger partial charge in [0.05, 0.1) is 6.54 Å². The molecule has 26 heavy (non-hydrogen) atoms. The van der Waals surface area contributed by atoms with E-state index in [1.165, 1.54) is 6.07 Å². The van der Waals surface area contributed by atoms with Gasteiger partial charge in [0.25, 0.3) is 0 Å². The van der Waals surface area contributed by atoms with E-state index >= 15 is 0 Å². The SMILES string of the molecule is CN=C(NCCOc1ccc(F)c(F)c1)NCc1ccc2c(c1)OCO2. The number of ether oxygens (including phenoxy) is 3. The quantitative estimate of drug-likeness (QED) is 0.469. The molecule has 0 fully saturated rings. The fraction of sp³-hybridized carbons (Fsp3) is 0.278. The van der Waals surface area contributed by atoms with Crippen molar-refractivity contribution in [1.29, 1.82) is 0 Å². The predicted octanol–water partition coefficient (Wildman–Crippen LogP) is 2.44. The second-order valence-corrected chi connectivity index (χ2v) is 5.46. The zero-order valence-electron chi connectivity index (χ0n) is 14.2. The van der Waals surface area contributed by atoms with E-state index in [1.54, 1.807) is 7.05 Å². The average molecular weight is 363 g/mol. The van der Waals surface area contributed by atoms with Gasteiger partial charge in [-0.15, -0.1) is 0 Å². The molecule has 1 aliphatic heterocycles. The molecule has 0 saturated carbocycles. The summed E-state index contributed by atoms with van der Waals surface area (Å²) in [7, 11) is 1.66. The third kappa shape index (κ3) is 4.53. The largest absolute Gasteiger partial charge is 0.492 e. The molecule has 0 atom stereocenters. The first kappa shape index (κ1) is 17.8. The van der Waals surface area contributed by atoms with Gasteiger partial charge < -0.3 is 24.8 Å². The molecule has 2 aromatic carbocycles. The highest BCUT2D eigenvalue weighted by atomic mass is 19.2. The number of benzene rings is 2. The molecule has 138 valence electrons. The van der Waals surface area contributed by atoms with Crippen LogP contribution in [-0.2, 0) is 6.54 Å². The van der Waals surface area contributed by atoms with Crippen LogP contribution in [0.1, 0.15) is 5.56 Å². The summed E-state index contributed by atoms with van der Waals surface area (Å²) >= 11 is 0. The fourth-order valence-electron chi connectivity index (χ4n) is 2.36. The lowest BCUT2D eigenvalue weighted by atomic mass is 10.2. The van der Waals surface area contributed by atoms with Crippen LogP contribution in [0.5, 0.6) is 17.2 Å². The minimum Gasteiger partial charge on any atom is -0.492 e. The van der Waals surface area contributed by atoms with Crippen molar-refractivity contribution in [3.8, 4) is 17.2 Å². The van der Waals surface area contributed by atoms with Crippen LogP contribution in [0.25, 0.3) is 0 Å². The maximum Gasteiger partial charge on any atom is 0.231 e. The van der Waals surface area contributed by atoms with E-state index in [1.807, 2.05) is 18.2 Å². The average Bonchev–Trinajstić information content (AvgIpc) is 3.11. The first-order valence-corrected chi connectivity index (χ1v) is 8.06. The Morgan fingerprint density at radius 2 is 1.92 bits per heavy atom. The number of nitrogens with one attached hydrogen (secondary N) is 2. The summed E-state index contributed by atoms with van der Waals surface area (Å²) in [6.45, 7) is 1.52. The molecule has 0 spiro atoms. The van der Waals surface area contributed by atoms with E-state index in [0.717, 1.165) is 29.2 Å². The topological polar surface area (TPSA) is 64.1 Å². The highest BCUT2D eigenvalue weighted by molar-refractivity contribution is 5.79. The van der Waals surface area contributed by atoms with Gasteiger partial charge in [0.1, 0.15) is 12.4 Å². The Balaban J connectivity index is 1.41. The van der Waals surface area contributed by atoms with Gasteiger partial charge in [-0.3, -0.25) is 4.99 Å². The Kier molecular flexibility index (Phi) is 5.73. The standard InChI is InChI=1S/C18H19F2N3O3/c1-21-18(22-6-7-24-13-3-4-14(19)15(20)9-13)23-10-12-2-5-16-17(8-12)26-11-25-16/h2-5,8-9H,6-7,10-11H2,1H3,(H2,21,22,23). The summed E-state index contributed by atoms with van der Waals surface area (Å²) in [5, 5.41) is 6.25. The lowest BCUT2D eigenvalue weighted by Gasteiger charge is -2.13. The molecular formula is C18H19F2N3O3. The van der Waals surface area contributed by atoms with Crippen LogP contribution in [0.3, 0.4) is 0 Å². The Hall–Kier alpha value is -3.03. The summed E-state index contributed by atoms with van der Waals surface area (Å²) < 4.78 is 41.9. The van der Waals surface area contributed by atoms with Gasteiger partial charge >= 0.3 is 0 Å². The van der Waals surface area contributed by atoms with Gasteiger partial charge in [-0.1, -0.05) is 6.07 Å².